The van der Waals surface area contributed by atoms with Crippen LogP contribution in [0.1, 0.15) is 16.7 Å². The number of benzene rings is 2. The number of carbonyl (C=O) groups excluding carboxylic acids is 1. The van der Waals surface area contributed by atoms with E-state index in [4.69, 9.17) is 15.6 Å². The maximum absolute atomic E-state index is 12.4. The van der Waals surface area contributed by atoms with E-state index in [2.05, 4.69) is 0 Å². The molecule has 6 heteroatoms. The Hall–Kier alpha value is -4.16. The van der Waals surface area contributed by atoms with Gasteiger partial charge in [-0.3, -0.25) is 9.48 Å². The summed E-state index contributed by atoms with van der Waals surface area (Å²) < 4.78 is 1.84. The Morgan fingerprint density at radius 2 is 1.73 bits per heavy atom. The molecule has 0 N–H and O–H groups in total. The Morgan fingerprint density at radius 3 is 2.37 bits per heavy atom. The van der Waals surface area contributed by atoms with Crippen LogP contribution in [0.4, 0.5) is 0 Å². The zero-order valence-corrected chi connectivity index (χ0v) is 16.7. The molecule has 0 aliphatic heterocycles. The van der Waals surface area contributed by atoms with Crippen molar-refractivity contribution in [2.45, 2.75) is 13.5 Å². The van der Waals surface area contributed by atoms with Gasteiger partial charge in [0.05, 0.1) is 24.4 Å². The van der Waals surface area contributed by atoms with E-state index in [0.717, 1.165) is 27.9 Å². The first kappa shape index (κ1) is 20.6. The maximum Gasteiger partial charge on any atom is 0.248 e. The van der Waals surface area contributed by atoms with Crippen molar-refractivity contribution < 1.29 is 4.79 Å². The van der Waals surface area contributed by atoms with Crippen LogP contribution in [0, 0.1) is 29.6 Å². The van der Waals surface area contributed by atoms with Crippen molar-refractivity contribution in [1.82, 2.24) is 14.7 Å². The number of nitrogens with zero attached hydrogens (tertiary/aromatic N) is 5. The van der Waals surface area contributed by atoms with Crippen LogP contribution >= 0.6 is 0 Å². The summed E-state index contributed by atoms with van der Waals surface area (Å²) >= 11 is 0. The van der Waals surface area contributed by atoms with Crippen LogP contribution in [-0.4, -0.2) is 33.7 Å². The van der Waals surface area contributed by atoms with Gasteiger partial charge in [-0.05, 0) is 18.6 Å². The largest absolute Gasteiger partial charge is 0.313 e. The molecule has 1 aromatic heterocycles. The third-order valence-corrected chi connectivity index (χ3v) is 4.54. The van der Waals surface area contributed by atoms with Crippen LogP contribution in [-0.2, 0) is 11.3 Å². The molecule has 0 bridgehead atoms. The summed E-state index contributed by atoms with van der Waals surface area (Å²) in [5.74, 6) is -0.385. The highest BCUT2D eigenvalue weighted by Crippen LogP contribution is 2.24. The van der Waals surface area contributed by atoms with E-state index >= 15 is 0 Å². The highest BCUT2D eigenvalue weighted by Gasteiger charge is 2.13. The minimum Gasteiger partial charge on any atom is -0.313 e. The Kier molecular flexibility index (Phi) is 6.76. The number of aromatic nitrogens is 2. The monoisotopic (exact) mass is 395 g/mol. The van der Waals surface area contributed by atoms with Gasteiger partial charge in [0, 0.05) is 23.4 Å². The van der Waals surface area contributed by atoms with Crippen molar-refractivity contribution >= 4 is 12.0 Å². The van der Waals surface area contributed by atoms with Gasteiger partial charge in [-0.1, -0.05) is 60.2 Å². The SMILES string of the molecule is Cc1ccc(-c2nn(Cc3ccccc3)cc2/C=C/C(=O)N(CC#N)CC#N)cc1. The lowest BCUT2D eigenvalue weighted by molar-refractivity contribution is -0.124. The fraction of sp³-hybridized carbons (Fsp3) is 0.167. The van der Waals surface area contributed by atoms with Crippen molar-refractivity contribution in [1.29, 1.82) is 10.5 Å². The average molecular weight is 395 g/mol. The molecule has 1 amide bonds. The van der Waals surface area contributed by atoms with E-state index in [-0.39, 0.29) is 19.0 Å². The molecule has 0 unspecified atom stereocenters. The molecule has 0 saturated carbocycles. The van der Waals surface area contributed by atoms with Crippen molar-refractivity contribution in [3.05, 3.63) is 83.6 Å². The molecule has 0 saturated heterocycles. The third-order valence-electron chi connectivity index (χ3n) is 4.54. The van der Waals surface area contributed by atoms with Crippen LogP contribution < -0.4 is 0 Å². The molecular weight excluding hydrogens is 374 g/mol. The predicted octanol–water partition coefficient (Wildman–Crippen LogP) is 3.80. The minimum absolute atomic E-state index is 0.130. The summed E-state index contributed by atoms with van der Waals surface area (Å²) in [5.41, 5.74) is 4.78. The first-order valence-corrected chi connectivity index (χ1v) is 9.50. The van der Waals surface area contributed by atoms with Crippen LogP contribution in [0.15, 0.2) is 66.9 Å². The number of amides is 1. The van der Waals surface area contributed by atoms with Gasteiger partial charge < -0.3 is 4.90 Å². The molecular formula is C24H21N5O. The van der Waals surface area contributed by atoms with Gasteiger partial charge in [0.2, 0.25) is 5.91 Å². The molecule has 6 nitrogen and oxygen atoms in total. The average Bonchev–Trinajstić information content (AvgIpc) is 3.15. The summed E-state index contributed by atoms with van der Waals surface area (Å²) in [6.45, 7) is 2.37. The van der Waals surface area contributed by atoms with E-state index in [0.29, 0.717) is 6.54 Å². The molecule has 3 rings (SSSR count). The Labute approximate surface area is 175 Å². The molecule has 148 valence electrons. The van der Waals surface area contributed by atoms with Gasteiger partial charge in [-0.15, -0.1) is 0 Å². The van der Waals surface area contributed by atoms with Gasteiger partial charge in [0.1, 0.15) is 13.1 Å². The van der Waals surface area contributed by atoms with E-state index in [9.17, 15) is 4.79 Å². The van der Waals surface area contributed by atoms with Crippen molar-refractivity contribution in [3.8, 4) is 23.4 Å². The topological polar surface area (TPSA) is 85.7 Å². The molecule has 0 fully saturated rings. The molecule has 0 atom stereocenters. The minimum atomic E-state index is -0.385. The lowest BCUT2D eigenvalue weighted by atomic mass is 10.1. The lowest BCUT2D eigenvalue weighted by Crippen LogP contribution is -2.30. The van der Waals surface area contributed by atoms with Crippen LogP contribution in [0.3, 0.4) is 0 Å². The molecule has 30 heavy (non-hydrogen) atoms. The van der Waals surface area contributed by atoms with E-state index in [1.165, 1.54) is 11.0 Å². The number of hydrogen-bond acceptors (Lipinski definition) is 4. The summed E-state index contributed by atoms with van der Waals surface area (Å²) in [7, 11) is 0. The lowest BCUT2D eigenvalue weighted by Gasteiger charge is -2.12. The number of carbonyl (C=O) groups is 1. The molecule has 3 aromatic rings. The van der Waals surface area contributed by atoms with Crippen LogP contribution in [0.25, 0.3) is 17.3 Å². The molecule has 2 aromatic carbocycles. The summed E-state index contributed by atoms with van der Waals surface area (Å²) in [4.78, 5) is 13.6. The summed E-state index contributed by atoms with van der Waals surface area (Å²) in [6.07, 6.45) is 4.97. The Balaban J connectivity index is 1.93. The van der Waals surface area contributed by atoms with Gasteiger partial charge in [0.25, 0.3) is 0 Å². The normalized spacial score (nSPS) is 10.5. The fourth-order valence-corrected chi connectivity index (χ4v) is 2.99. The van der Waals surface area contributed by atoms with Crippen LogP contribution in [0.2, 0.25) is 0 Å². The van der Waals surface area contributed by atoms with E-state index in [1.54, 1.807) is 6.08 Å². The summed E-state index contributed by atoms with van der Waals surface area (Å²) in [6, 6.07) is 21.9. The number of hydrogen-bond donors (Lipinski definition) is 0. The zero-order valence-electron chi connectivity index (χ0n) is 16.7. The number of rotatable bonds is 7. The predicted molar refractivity (Wildman–Crippen MR) is 115 cm³/mol. The van der Waals surface area contributed by atoms with Gasteiger partial charge in [-0.25, -0.2) is 0 Å². The highest BCUT2D eigenvalue weighted by atomic mass is 16.2. The Morgan fingerprint density at radius 1 is 1.07 bits per heavy atom. The van der Waals surface area contributed by atoms with Crippen molar-refractivity contribution in [2.75, 3.05) is 13.1 Å². The Bertz CT molecular complexity index is 1100. The second kappa shape index (κ2) is 9.86. The summed E-state index contributed by atoms with van der Waals surface area (Å²) in [5, 5.41) is 22.5. The maximum atomic E-state index is 12.4. The van der Waals surface area contributed by atoms with Gasteiger partial charge in [-0.2, -0.15) is 15.6 Å². The fourth-order valence-electron chi connectivity index (χ4n) is 2.99. The van der Waals surface area contributed by atoms with Gasteiger partial charge >= 0.3 is 0 Å². The third kappa shape index (κ3) is 5.21. The number of aryl methyl sites for hydroxylation is 1. The molecule has 0 radical (unpaired) electrons. The second-order valence-electron chi connectivity index (χ2n) is 6.83. The molecule has 0 aliphatic rings. The van der Waals surface area contributed by atoms with E-state index in [1.807, 2.05) is 84.5 Å². The van der Waals surface area contributed by atoms with E-state index < -0.39 is 0 Å². The molecule has 0 spiro atoms. The highest BCUT2D eigenvalue weighted by molar-refractivity contribution is 5.93. The van der Waals surface area contributed by atoms with Crippen LogP contribution in [0.5, 0.6) is 0 Å². The quantitative estimate of drug-likeness (QED) is 0.450. The van der Waals surface area contributed by atoms with Crippen molar-refractivity contribution in [2.24, 2.45) is 0 Å². The standard InChI is InChI=1S/C24H21N5O/c1-19-7-9-21(10-8-19)24-22(11-12-23(30)28(15-13-25)16-14-26)18-29(27-24)17-20-5-3-2-4-6-20/h2-12,18H,15-17H2,1H3/b12-11+. The zero-order chi connectivity index (χ0) is 21.3. The second-order valence-corrected chi connectivity index (χ2v) is 6.83. The first-order chi connectivity index (χ1) is 14.6. The number of nitriles is 2. The van der Waals surface area contributed by atoms with Gasteiger partial charge in [0.15, 0.2) is 0 Å². The first-order valence-electron chi connectivity index (χ1n) is 9.50. The molecule has 0 aliphatic carbocycles. The smallest absolute Gasteiger partial charge is 0.248 e. The van der Waals surface area contributed by atoms with Crippen molar-refractivity contribution in [3.63, 3.8) is 0 Å². The molecule has 1 heterocycles.